The number of aromatic nitrogens is 2. The number of rotatable bonds is 3. The van der Waals surface area contributed by atoms with Gasteiger partial charge in [0, 0.05) is 11.1 Å². The quantitative estimate of drug-likeness (QED) is 0.834. The van der Waals surface area contributed by atoms with Crippen molar-refractivity contribution >= 4 is 23.2 Å². The van der Waals surface area contributed by atoms with E-state index in [9.17, 15) is 5.11 Å². The molecule has 1 N–H and O–H groups in total. The number of benzene rings is 1. The fraction of sp³-hybridized carbons (Fsp3) is 0.333. The van der Waals surface area contributed by atoms with E-state index in [0.29, 0.717) is 16.1 Å². The standard InChI is InChI=1S/C15H16Cl2N2O/c1-4-5-11-13(16)18-15(19-14(11)17)10-6-8(2)12(20)9(3)7-10/h6-7,20H,4-5H2,1-3H3. The van der Waals surface area contributed by atoms with E-state index < -0.39 is 0 Å². The molecule has 0 aliphatic rings. The molecular formula is C15H16Cl2N2O. The number of phenolic OH excluding ortho intramolecular Hbond substituents is 1. The van der Waals surface area contributed by atoms with Crippen LogP contribution < -0.4 is 0 Å². The minimum atomic E-state index is 0.286. The Labute approximate surface area is 128 Å². The van der Waals surface area contributed by atoms with Crippen LogP contribution in [-0.4, -0.2) is 15.1 Å². The van der Waals surface area contributed by atoms with Crippen LogP contribution in [0, 0.1) is 13.8 Å². The van der Waals surface area contributed by atoms with Gasteiger partial charge >= 0.3 is 0 Å². The average Bonchev–Trinajstić information content (AvgIpc) is 2.39. The van der Waals surface area contributed by atoms with E-state index in [0.717, 1.165) is 35.1 Å². The third-order valence-electron chi connectivity index (χ3n) is 3.16. The van der Waals surface area contributed by atoms with Gasteiger partial charge in [-0.05, 0) is 43.5 Å². The Balaban J connectivity index is 2.54. The minimum absolute atomic E-state index is 0.286. The van der Waals surface area contributed by atoms with Crippen LogP contribution in [0.25, 0.3) is 11.4 Å². The number of aryl methyl sites for hydroxylation is 2. The van der Waals surface area contributed by atoms with E-state index in [1.54, 1.807) is 0 Å². The molecule has 106 valence electrons. The molecule has 0 radical (unpaired) electrons. The van der Waals surface area contributed by atoms with Gasteiger partial charge in [0.25, 0.3) is 0 Å². The molecule has 0 unspecified atom stereocenters. The maximum atomic E-state index is 9.81. The van der Waals surface area contributed by atoms with Gasteiger partial charge in [0.15, 0.2) is 5.82 Å². The Kier molecular flexibility index (Phi) is 4.51. The first-order valence-corrected chi connectivity index (χ1v) is 7.22. The average molecular weight is 311 g/mol. The lowest BCUT2D eigenvalue weighted by molar-refractivity contribution is 0.467. The van der Waals surface area contributed by atoms with Crippen LogP contribution >= 0.6 is 23.2 Å². The molecule has 1 aromatic heterocycles. The highest BCUT2D eigenvalue weighted by Crippen LogP contribution is 2.30. The highest BCUT2D eigenvalue weighted by molar-refractivity contribution is 6.34. The molecule has 5 heteroatoms. The zero-order chi connectivity index (χ0) is 14.9. The molecule has 0 atom stereocenters. The molecule has 2 rings (SSSR count). The van der Waals surface area contributed by atoms with Gasteiger partial charge in [-0.2, -0.15) is 0 Å². The molecule has 0 aliphatic heterocycles. The summed E-state index contributed by atoms with van der Waals surface area (Å²) in [5.41, 5.74) is 3.12. The molecule has 0 fully saturated rings. The van der Waals surface area contributed by atoms with Gasteiger partial charge in [-0.3, -0.25) is 0 Å². The zero-order valence-electron chi connectivity index (χ0n) is 11.7. The van der Waals surface area contributed by atoms with Crippen molar-refractivity contribution in [3.05, 3.63) is 39.1 Å². The SMILES string of the molecule is CCCc1c(Cl)nc(-c2cc(C)c(O)c(C)c2)nc1Cl. The van der Waals surface area contributed by atoms with Gasteiger partial charge in [0.05, 0.1) is 0 Å². The molecular weight excluding hydrogens is 295 g/mol. The Morgan fingerprint density at radius 2 is 1.55 bits per heavy atom. The van der Waals surface area contributed by atoms with Gasteiger partial charge in [0.1, 0.15) is 16.1 Å². The Morgan fingerprint density at radius 1 is 1.05 bits per heavy atom. The summed E-state index contributed by atoms with van der Waals surface area (Å²) in [4.78, 5) is 8.65. The zero-order valence-corrected chi connectivity index (χ0v) is 13.2. The fourth-order valence-corrected chi connectivity index (χ4v) is 2.68. The van der Waals surface area contributed by atoms with Crippen LogP contribution in [0.4, 0.5) is 0 Å². The summed E-state index contributed by atoms with van der Waals surface area (Å²) in [6.07, 6.45) is 1.69. The van der Waals surface area contributed by atoms with Gasteiger partial charge in [-0.1, -0.05) is 36.5 Å². The molecule has 2 aromatic rings. The second kappa shape index (κ2) is 5.98. The third-order valence-corrected chi connectivity index (χ3v) is 3.78. The molecule has 0 bridgehead atoms. The van der Waals surface area contributed by atoms with Crippen LogP contribution in [-0.2, 0) is 6.42 Å². The van der Waals surface area contributed by atoms with Crippen molar-refractivity contribution in [3.8, 4) is 17.1 Å². The molecule has 0 saturated heterocycles. The first-order valence-electron chi connectivity index (χ1n) is 6.46. The van der Waals surface area contributed by atoms with Crippen LogP contribution in [0.5, 0.6) is 5.75 Å². The van der Waals surface area contributed by atoms with Crippen molar-refractivity contribution in [2.24, 2.45) is 0 Å². The van der Waals surface area contributed by atoms with Crippen molar-refractivity contribution in [2.75, 3.05) is 0 Å². The number of aromatic hydroxyl groups is 1. The van der Waals surface area contributed by atoms with Crippen LogP contribution in [0.15, 0.2) is 12.1 Å². The van der Waals surface area contributed by atoms with Crippen molar-refractivity contribution in [3.63, 3.8) is 0 Å². The molecule has 1 aromatic carbocycles. The van der Waals surface area contributed by atoms with Gasteiger partial charge in [-0.25, -0.2) is 9.97 Å². The first kappa shape index (κ1) is 15.1. The molecule has 0 saturated carbocycles. The smallest absolute Gasteiger partial charge is 0.162 e. The van der Waals surface area contributed by atoms with Crippen LogP contribution in [0.2, 0.25) is 10.3 Å². The number of hydrogen-bond acceptors (Lipinski definition) is 3. The first-order chi connectivity index (χ1) is 9.43. The normalized spacial score (nSPS) is 10.8. The highest BCUT2D eigenvalue weighted by Gasteiger charge is 2.13. The molecule has 0 spiro atoms. The van der Waals surface area contributed by atoms with E-state index in [2.05, 4.69) is 9.97 Å². The number of hydrogen-bond donors (Lipinski definition) is 1. The van der Waals surface area contributed by atoms with E-state index in [1.807, 2.05) is 32.9 Å². The Morgan fingerprint density at radius 3 is 2.00 bits per heavy atom. The molecule has 1 heterocycles. The van der Waals surface area contributed by atoms with E-state index in [4.69, 9.17) is 23.2 Å². The summed E-state index contributed by atoms with van der Waals surface area (Å²) >= 11 is 12.4. The summed E-state index contributed by atoms with van der Waals surface area (Å²) in [6, 6.07) is 3.65. The predicted molar refractivity (Wildman–Crippen MR) is 82.6 cm³/mol. The molecule has 3 nitrogen and oxygen atoms in total. The molecule has 20 heavy (non-hydrogen) atoms. The summed E-state index contributed by atoms with van der Waals surface area (Å²) in [7, 11) is 0. The summed E-state index contributed by atoms with van der Waals surface area (Å²) in [5.74, 6) is 0.764. The van der Waals surface area contributed by atoms with E-state index in [1.165, 1.54) is 0 Å². The van der Waals surface area contributed by atoms with E-state index >= 15 is 0 Å². The summed E-state index contributed by atoms with van der Waals surface area (Å²) in [6.45, 7) is 5.72. The Bertz CT molecular complexity index is 610. The van der Waals surface area contributed by atoms with Crippen LogP contribution in [0.1, 0.15) is 30.0 Å². The number of nitrogens with zero attached hydrogens (tertiary/aromatic N) is 2. The monoisotopic (exact) mass is 310 g/mol. The maximum Gasteiger partial charge on any atom is 0.162 e. The molecule has 0 aliphatic carbocycles. The van der Waals surface area contributed by atoms with E-state index in [-0.39, 0.29) is 5.75 Å². The van der Waals surface area contributed by atoms with Crippen molar-refractivity contribution in [1.82, 2.24) is 9.97 Å². The summed E-state index contributed by atoms with van der Waals surface area (Å²) < 4.78 is 0. The minimum Gasteiger partial charge on any atom is -0.507 e. The predicted octanol–water partition coefficient (Wildman–Crippen LogP) is 4.73. The van der Waals surface area contributed by atoms with Gasteiger partial charge in [-0.15, -0.1) is 0 Å². The van der Waals surface area contributed by atoms with Gasteiger partial charge < -0.3 is 5.11 Å². The third kappa shape index (κ3) is 2.89. The maximum absolute atomic E-state index is 9.81. The lowest BCUT2D eigenvalue weighted by Gasteiger charge is -2.10. The van der Waals surface area contributed by atoms with Crippen molar-refractivity contribution in [2.45, 2.75) is 33.6 Å². The van der Waals surface area contributed by atoms with Crippen molar-refractivity contribution in [1.29, 1.82) is 0 Å². The topological polar surface area (TPSA) is 46.0 Å². The summed E-state index contributed by atoms with van der Waals surface area (Å²) in [5, 5.41) is 10.6. The van der Waals surface area contributed by atoms with Crippen molar-refractivity contribution < 1.29 is 5.11 Å². The number of phenols is 1. The largest absolute Gasteiger partial charge is 0.507 e. The Hall–Kier alpha value is -1.32. The second-order valence-corrected chi connectivity index (χ2v) is 5.53. The van der Waals surface area contributed by atoms with Crippen LogP contribution in [0.3, 0.4) is 0 Å². The van der Waals surface area contributed by atoms with Gasteiger partial charge in [0.2, 0.25) is 0 Å². The molecule has 0 amide bonds. The second-order valence-electron chi connectivity index (χ2n) is 4.82. The fourth-order valence-electron chi connectivity index (χ4n) is 2.10. The lowest BCUT2D eigenvalue weighted by Crippen LogP contribution is -1.98. The number of halogens is 2. The highest BCUT2D eigenvalue weighted by atomic mass is 35.5. The lowest BCUT2D eigenvalue weighted by atomic mass is 10.1.